The number of methoxy groups -OCH3 is 1. The number of hydrogen-bond acceptors (Lipinski definition) is 15. The van der Waals surface area contributed by atoms with Crippen molar-refractivity contribution >= 4 is 25.9 Å². The van der Waals surface area contributed by atoms with Crippen molar-refractivity contribution in [2.75, 3.05) is 20.3 Å². The van der Waals surface area contributed by atoms with Gasteiger partial charge < -0.3 is 47.5 Å². The summed E-state index contributed by atoms with van der Waals surface area (Å²) in [4.78, 5) is 58.6. The normalized spacial score (nSPS) is 24.1. The SMILES string of the molecule is CO[C@H]1O[C@H](CO[P+]2([O-])O[C@H](COCc3ccccc3)[C@@H](OCc3ccccc3)[C@H](OCc3ccccc3)[C@@H]2OCc2ccccc2)[C@@H](OC(=O)c2ccccc2)[C@H](OC(=O)c2ccccc2)[C@H]1OC(=O)c1ccccc1. The van der Waals surface area contributed by atoms with Gasteiger partial charge in [0.2, 0.25) is 5.85 Å². The Bertz CT molecular complexity index is 2890. The Kier molecular flexibility index (Phi) is 19.5. The molecule has 7 aromatic carbocycles. The van der Waals surface area contributed by atoms with Gasteiger partial charge in [0.1, 0.15) is 18.8 Å². The number of rotatable bonds is 23. The van der Waals surface area contributed by atoms with Gasteiger partial charge in [-0.3, -0.25) is 0 Å². The largest absolute Gasteiger partial charge is 0.629 e. The van der Waals surface area contributed by atoms with Crippen LogP contribution < -0.4 is 4.89 Å². The number of hydrogen-bond donors (Lipinski definition) is 0. The summed E-state index contributed by atoms with van der Waals surface area (Å²) in [5.74, 6) is -3.98. The molecular formula is C61H59O15P. The molecule has 0 amide bonds. The molecule has 0 N–H and O–H groups in total. The molecule has 2 heterocycles. The van der Waals surface area contributed by atoms with Crippen LogP contribution in [0.1, 0.15) is 53.3 Å². The van der Waals surface area contributed by atoms with E-state index in [1.165, 1.54) is 7.11 Å². The lowest BCUT2D eigenvalue weighted by atomic mass is 9.97. The van der Waals surface area contributed by atoms with E-state index < -0.39 is 87.3 Å². The quantitative estimate of drug-likeness (QED) is 0.0336. The van der Waals surface area contributed by atoms with Crippen molar-refractivity contribution in [3.05, 3.63) is 251 Å². The van der Waals surface area contributed by atoms with Crippen LogP contribution in [0.25, 0.3) is 0 Å². The first-order valence-corrected chi connectivity index (χ1v) is 26.8. The summed E-state index contributed by atoms with van der Waals surface area (Å²) in [6, 6.07) is 62.3. The molecule has 0 saturated carbocycles. The second-order valence-corrected chi connectivity index (χ2v) is 20.2. The van der Waals surface area contributed by atoms with Crippen molar-refractivity contribution in [3.63, 3.8) is 0 Å². The fourth-order valence-electron chi connectivity index (χ4n) is 8.89. The van der Waals surface area contributed by atoms with Crippen molar-refractivity contribution in [1.29, 1.82) is 0 Å². The molecule has 1 unspecified atom stereocenters. The zero-order valence-corrected chi connectivity index (χ0v) is 43.1. The summed E-state index contributed by atoms with van der Waals surface area (Å²) >= 11 is 0. The molecule has 7 aromatic rings. The van der Waals surface area contributed by atoms with E-state index in [1.807, 2.05) is 121 Å². The molecule has 10 atom stereocenters. The third-order valence-electron chi connectivity index (χ3n) is 12.8. The fraction of sp³-hybridized carbons (Fsp3) is 0.262. The van der Waals surface area contributed by atoms with Gasteiger partial charge >= 0.3 is 17.9 Å². The monoisotopic (exact) mass is 1060 g/mol. The number of esters is 3. The van der Waals surface area contributed by atoms with Gasteiger partial charge in [-0.05, 0) is 58.7 Å². The van der Waals surface area contributed by atoms with E-state index in [2.05, 4.69) is 0 Å². The van der Waals surface area contributed by atoms with E-state index >= 15 is 4.89 Å². The lowest BCUT2D eigenvalue weighted by Crippen LogP contribution is -2.63. The summed E-state index contributed by atoms with van der Waals surface area (Å²) < 4.78 is 71.0. The van der Waals surface area contributed by atoms with Gasteiger partial charge in [0.05, 0.1) is 49.7 Å². The van der Waals surface area contributed by atoms with E-state index in [4.69, 9.17) is 51.7 Å². The topological polar surface area (TPSA) is 176 Å². The van der Waals surface area contributed by atoms with Crippen LogP contribution >= 0.6 is 7.94 Å². The Morgan fingerprint density at radius 1 is 0.429 bits per heavy atom. The van der Waals surface area contributed by atoms with Gasteiger partial charge in [0, 0.05) is 7.11 Å². The molecule has 77 heavy (non-hydrogen) atoms. The molecule has 16 heteroatoms. The summed E-state index contributed by atoms with van der Waals surface area (Å²) in [6.45, 7) is -0.491. The zero-order chi connectivity index (χ0) is 53.2. The lowest BCUT2D eigenvalue weighted by Gasteiger charge is -2.48. The van der Waals surface area contributed by atoms with Crippen molar-refractivity contribution in [1.82, 2.24) is 0 Å². The molecule has 0 radical (unpaired) electrons. The molecular weight excluding hydrogens is 1000 g/mol. The Morgan fingerprint density at radius 2 is 0.805 bits per heavy atom. The highest BCUT2D eigenvalue weighted by molar-refractivity contribution is 7.59. The maximum absolute atomic E-state index is 16.3. The van der Waals surface area contributed by atoms with Gasteiger partial charge in [-0.25, -0.2) is 18.9 Å². The van der Waals surface area contributed by atoms with Crippen LogP contribution in [-0.4, -0.2) is 93.1 Å². The summed E-state index contributed by atoms with van der Waals surface area (Å²) in [5, 5.41) is 0. The molecule has 2 saturated heterocycles. The molecule has 0 bridgehead atoms. The molecule has 398 valence electrons. The Balaban J connectivity index is 1.10. The average molecular weight is 1060 g/mol. The minimum absolute atomic E-state index is 0.0514. The first-order chi connectivity index (χ1) is 37.7. The second-order valence-electron chi connectivity index (χ2n) is 18.2. The highest BCUT2D eigenvalue weighted by Gasteiger charge is 2.61. The van der Waals surface area contributed by atoms with Crippen LogP contribution in [0.3, 0.4) is 0 Å². The van der Waals surface area contributed by atoms with Crippen molar-refractivity contribution < 1.29 is 71.0 Å². The highest BCUT2D eigenvalue weighted by atomic mass is 31.2. The molecule has 0 aliphatic carbocycles. The third kappa shape index (κ3) is 14.7. The van der Waals surface area contributed by atoms with E-state index in [0.29, 0.717) is 0 Å². The van der Waals surface area contributed by atoms with Crippen LogP contribution in [0.15, 0.2) is 212 Å². The highest BCUT2D eigenvalue weighted by Crippen LogP contribution is 2.64. The first-order valence-electron chi connectivity index (χ1n) is 25.2. The minimum Gasteiger partial charge on any atom is -0.629 e. The number of benzene rings is 7. The standard InChI is InChI=1S/C61H59O15P/c1-66-60-55(75-59(64)49-35-21-8-22-36-49)54(74-58(63)48-33-19-7-20-34-48)53(73-57(62)47-31-17-6-18-32-47)50(72-60)42-71-77(65)61(70-40-46-29-15-5-16-30-46)56(69-39-45-27-13-4-14-28-45)52(68-38-44-25-11-3-12-26-44)51(76-77)41-67-37-43-23-9-2-10-24-43/h2-36,50-56,60-61H,37-42H2,1H3/t50-,51-,52-,53-,54+,55-,56+,60+,61-,77?/m1/s1. The van der Waals surface area contributed by atoms with E-state index in [0.717, 1.165) is 22.3 Å². The fourth-order valence-corrected chi connectivity index (χ4v) is 11.0. The van der Waals surface area contributed by atoms with Crippen LogP contribution in [0.4, 0.5) is 0 Å². The Labute approximate surface area is 448 Å². The molecule has 0 spiro atoms. The number of carbonyl (C=O) groups is 3. The predicted molar refractivity (Wildman–Crippen MR) is 282 cm³/mol. The van der Waals surface area contributed by atoms with E-state index in [9.17, 15) is 14.4 Å². The lowest BCUT2D eigenvalue weighted by molar-refractivity contribution is -0.301. The molecule has 9 rings (SSSR count). The van der Waals surface area contributed by atoms with Crippen molar-refractivity contribution in [2.24, 2.45) is 0 Å². The second kappa shape index (κ2) is 27.4. The predicted octanol–water partition coefficient (Wildman–Crippen LogP) is 9.50. The van der Waals surface area contributed by atoms with Gasteiger partial charge in [0.15, 0.2) is 36.8 Å². The summed E-state index contributed by atoms with van der Waals surface area (Å²) in [7, 11) is -3.38. The molecule has 2 aliphatic rings. The number of ether oxygens (including phenoxy) is 9. The zero-order valence-electron chi connectivity index (χ0n) is 42.2. The van der Waals surface area contributed by atoms with Crippen LogP contribution in [0, 0.1) is 0 Å². The number of carbonyl (C=O) groups excluding carboxylic acids is 3. The first kappa shape index (κ1) is 54.8. The minimum atomic E-state index is -4.69. The van der Waals surface area contributed by atoms with Crippen LogP contribution in [0.2, 0.25) is 0 Å². The molecule has 15 nitrogen and oxygen atoms in total. The molecule has 2 fully saturated rings. The Morgan fingerprint density at radius 3 is 1.25 bits per heavy atom. The summed E-state index contributed by atoms with van der Waals surface area (Å²) in [6.07, 6.45) is -10.9. The van der Waals surface area contributed by atoms with Crippen LogP contribution in [0.5, 0.6) is 0 Å². The van der Waals surface area contributed by atoms with E-state index in [-0.39, 0.29) is 49.7 Å². The van der Waals surface area contributed by atoms with Gasteiger partial charge in [-0.15, -0.1) is 0 Å². The van der Waals surface area contributed by atoms with Crippen molar-refractivity contribution in [2.45, 2.75) is 81.3 Å². The van der Waals surface area contributed by atoms with Crippen LogP contribution in [-0.2, 0) is 78.1 Å². The van der Waals surface area contributed by atoms with Gasteiger partial charge in [0.25, 0.3) is 7.94 Å². The van der Waals surface area contributed by atoms with Gasteiger partial charge in [-0.2, -0.15) is 4.52 Å². The molecule has 2 aliphatic heterocycles. The van der Waals surface area contributed by atoms with E-state index in [1.54, 1.807) is 91.0 Å². The smallest absolute Gasteiger partial charge is 0.338 e. The maximum Gasteiger partial charge on any atom is 0.338 e. The molecule has 0 aromatic heterocycles. The maximum atomic E-state index is 16.3. The third-order valence-corrected chi connectivity index (χ3v) is 14.9. The average Bonchev–Trinajstić information content (AvgIpc) is 3.48. The summed E-state index contributed by atoms with van der Waals surface area (Å²) in [5.41, 5.74) is 3.78. The van der Waals surface area contributed by atoms with Crippen molar-refractivity contribution in [3.8, 4) is 0 Å². The van der Waals surface area contributed by atoms with Gasteiger partial charge in [-0.1, -0.05) is 176 Å². The Hall–Kier alpha value is -6.98.